The number of benzene rings is 1. The van der Waals surface area contributed by atoms with Gasteiger partial charge in [-0.3, -0.25) is 0 Å². The van der Waals surface area contributed by atoms with Gasteiger partial charge in [0.2, 0.25) is 0 Å². The number of nitrogens with two attached hydrogens (primary N) is 1. The van der Waals surface area contributed by atoms with Gasteiger partial charge in [-0.15, -0.1) is 0 Å². The second-order valence-corrected chi connectivity index (χ2v) is 8.36. The highest BCUT2D eigenvalue weighted by Crippen LogP contribution is 2.55. The molecule has 1 fully saturated rings. The molecule has 0 aromatic heterocycles. The lowest BCUT2D eigenvalue weighted by atomic mass is 9.74. The molecule has 1 aliphatic carbocycles. The van der Waals surface area contributed by atoms with Crippen LogP contribution in [0.2, 0.25) is 0 Å². The van der Waals surface area contributed by atoms with Crippen molar-refractivity contribution in [3.8, 4) is 5.75 Å². The van der Waals surface area contributed by atoms with Gasteiger partial charge < -0.3 is 9.47 Å². The van der Waals surface area contributed by atoms with Gasteiger partial charge in [0.1, 0.15) is 30.6 Å². The van der Waals surface area contributed by atoms with Gasteiger partial charge in [-0.05, 0) is 36.1 Å². The van der Waals surface area contributed by atoms with E-state index < -0.39 is 0 Å². The van der Waals surface area contributed by atoms with Crippen LogP contribution in [-0.2, 0) is 15.5 Å². The molecule has 3 aliphatic rings. The average molecular weight is 380 g/mol. The highest BCUT2D eigenvalue weighted by atomic mass is 79.9. The fourth-order valence-corrected chi connectivity index (χ4v) is 5.63. The van der Waals surface area contributed by atoms with E-state index in [1.54, 1.807) is 14.2 Å². The third-order valence-corrected chi connectivity index (χ3v) is 7.19. The molecular formula is C18H24BrN2O2+. The normalized spacial score (nSPS) is 35.6. The molecule has 1 aromatic rings. The van der Waals surface area contributed by atoms with Crippen molar-refractivity contribution in [1.82, 2.24) is 0 Å². The van der Waals surface area contributed by atoms with Crippen LogP contribution in [0.4, 0.5) is 0 Å². The predicted molar refractivity (Wildman–Crippen MR) is 93.2 cm³/mol. The highest BCUT2D eigenvalue weighted by molar-refractivity contribution is 9.09. The van der Waals surface area contributed by atoms with Gasteiger partial charge in [-0.1, -0.05) is 22.0 Å². The number of alkyl halides is 1. The van der Waals surface area contributed by atoms with Crippen molar-refractivity contribution in [1.29, 1.82) is 0 Å². The number of halogens is 1. The summed E-state index contributed by atoms with van der Waals surface area (Å²) < 4.78 is 11.5. The molecular weight excluding hydrogens is 356 g/mol. The van der Waals surface area contributed by atoms with E-state index in [4.69, 9.17) is 15.3 Å². The number of aryl methyl sites for hydroxylation is 1. The van der Waals surface area contributed by atoms with Crippen LogP contribution in [-0.4, -0.2) is 38.0 Å². The first-order valence-corrected chi connectivity index (χ1v) is 9.07. The van der Waals surface area contributed by atoms with Crippen LogP contribution in [0.15, 0.2) is 29.5 Å². The molecule has 23 heavy (non-hydrogen) atoms. The third kappa shape index (κ3) is 2.21. The lowest BCUT2D eigenvalue weighted by Gasteiger charge is -2.45. The van der Waals surface area contributed by atoms with Crippen LogP contribution in [0, 0.1) is 0 Å². The molecule has 0 unspecified atom stereocenters. The smallest absolute Gasteiger partial charge is 0.132 e. The van der Waals surface area contributed by atoms with Gasteiger partial charge in [0.15, 0.2) is 0 Å². The van der Waals surface area contributed by atoms with E-state index >= 15 is 0 Å². The second-order valence-electron chi connectivity index (χ2n) is 7.00. The Morgan fingerprint density at radius 3 is 2.87 bits per heavy atom. The molecule has 0 bridgehead atoms. The van der Waals surface area contributed by atoms with Crippen LogP contribution in [0.5, 0.6) is 5.75 Å². The number of hydrogen-bond donors (Lipinski definition) is 1. The number of quaternary nitrogens is 1. The number of fused-ring (bicyclic) bond motifs is 4. The van der Waals surface area contributed by atoms with Gasteiger partial charge >= 0.3 is 0 Å². The zero-order valence-electron chi connectivity index (χ0n) is 13.8. The highest BCUT2D eigenvalue weighted by Gasteiger charge is 2.54. The Bertz CT molecular complexity index is 690. The van der Waals surface area contributed by atoms with E-state index in [0.29, 0.717) is 4.59 Å². The zero-order valence-corrected chi connectivity index (χ0v) is 15.4. The molecule has 2 N–H and O–H groups in total. The summed E-state index contributed by atoms with van der Waals surface area (Å²) in [6, 6.07) is 6.48. The lowest BCUT2D eigenvalue weighted by Crippen LogP contribution is -2.57. The minimum absolute atomic E-state index is 0.0636. The monoisotopic (exact) mass is 379 g/mol. The molecule has 5 heteroatoms. The summed E-state index contributed by atoms with van der Waals surface area (Å²) in [6.45, 7) is 1.85. The molecule has 3 atom stereocenters. The van der Waals surface area contributed by atoms with E-state index in [-0.39, 0.29) is 10.4 Å². The molecule has 4 nitrogen and oxygen atoms in total. The molecule has 2 heterocycles. The maximum absolute atomic E-state index is 6.72. The first-order chi connectivity index (χ1) is 11.0. The SMILES string of the molecule is COc1ccc2c(c1)CCC1=C3C[C@@H](OC)C[N@@+]3(N)CC[C@@]12Br. The van der Waals surface area contributed by atoms with Crippen molar-refractivity contribution >= 4 is 15.9 Å². The molecule has 0 spiro atoms. The maximum Gasteiger partial charge on any atom is 0.132 e. The number of hydrogen-bond acceptors (Lipinski definition) is 3. The Kier molecular flexibility index (Phi) is 3.61. The van der Waals surface area contributed by atoms with Crippen molar-refractivity contribution in [2.45, 2.75) is 36.1 Å². The summed E-state index contributed by atoms with van der Waals surface area (Å²) in [7, 11) is 3.52. The van der Waals surface area contributed by atoms with Crippen molar-refractivity contribution in [2.75, 3.05) is 27.3 Å². The number of nitrogens with zero attached hydrogens (tertiary/aromatic N) is 1. The van der Waals surface area contributed by atoms with Crippen LogP contribution in [0.25, 0.3) is 0 Å². The van der Waals surface area contributed by atoms with Gasteiger partial charge in [0.25, 0.3) is 0 Å². The van der Waals surface area contributed by atoms with E-state index in [1.807, 2.05) is 0 Å². The summed E-state index contributed by atoms with van der Waals surface area (Å²) >= 11 is 4.12. The number of ether oxygens (including phenoxy) is 2. The molecule has 1 saturated heterocycles. The number of allylic oxidation sites excluding steroid dienone is 1. The van der Waals surface area contributed by atoms with Gasteiger partial charge in [0, 0.05) is 19.1 Å². The topological polar surface area (TPSA) is 44.5 Å². The Morgan fingerprint density at radius 1 is 1.30 bits per heavy atom. The Labute approximate surface area is 145 Å². The summed E-state index contributed by atoms with van der Waals surface area (Å²) in [5, 5.41) is 0. The standard InChI is InChI=1S/C18H24BrN2O2/c1-22-13-4-6-15-12(9-13)3-5-16-17-10-14(23-2)11-21(17,20)8-7-18(15,16)19/h4,6,9,14H,3,5,7-8,10-11,20H2,1-2H3/q+1/t14-,18+,21+/m1/s1. The summed E-state index contributed by atoms with van der Waals surface area (Å²) in [6.07, 6.45) is 4.35. The van der Waals surface area contributed by atoms with E-state index in [2.05, 4.69) is 34.1 Å². The Balaban J connectivity index is 1.83. The molecule has 0 saturated carbocycles. The van der Waals surface area contributed by atoms with E-state index in [1.165, 1.54) is 22.4 Å². The van der Waals surface area contributed by atoms with Crippen LogP contribution in [0.3, 0.4) is 0 Å². The predicted octanol–water partition coefficient (Wildman–Crippen LogP) is 3.00. The third-order valence-electron chi connectivity index (χ3n) is 5.89. The summed E-state index contributed by atoms with van der Waals surface area (Å²) in [5.74, 6) is 7.66. The summed E-state index contributed by atoms with van der Waals surface area (Å²) in [4.78, 5) is 0. The van der Waals surface area contributed by atoms with Crippen LogP contribution in [0.1, 0.15) is 30.4 Å². The maximum atomic E-state index is 6.72. The van der Waals surface area contributed by atoms with Crippen molar-refractivity contribution in [3.63, 3.8) is 0 Å². The minimum atomic E-state index is -0.0636. The fraction of sp³-hybridized carbons (Fsp3) is 0.556. The largest absolute Gasteiger partial charge is 0.497 e. The van der Waals surface area contributed by atoms with E-state index in [9.17, 15) is 0 Å². The molecule has 2 aliphatic heterocycles. The van der Waals surface area contributed by atoms with Gasteiger partial charge in [0.05, 0.1) is 17.9 Å². The molecule has 1 aromatic carbocycles. The van der Waals surface area contributed by atoms with Crippen molar-refractivity contribution < 1.29 is 14.1 Å². The van der Waals surface area contributed by atoms with Crippen molar-refractivity contribution in [2.24, 2.45) is 5.84 Å². The fourth-order valence-electron chi connectivity index (χ4n) is 4.63. The van der Waals surface area contributed by atoms with Crippen LogP contribution >= 0.6 is 15.9 Å². The first kappa shape index (κ1) is 15.6. The summed E-state index contributed by atoms with van der Waals surface area (Å²) in [5.41, 5.74) is 5.66. The molecule has 0 radical (unpaired) electrons. The molecule has 4 rings (SSSR count). The van der Waals surface area contributed by atoms with Gasteiger partial charge in [-0.2, -0.15) is 5.84 Å². The van der Waals surface area contributed by atoms with E-state index in [0.717, 1.165) is 44.5 Å². The number of rotatable bonds is 2. The van der Waals surface area contributed by atoms with Crippen LogP contribution < -0.4 is 10.6 Å². The quantitative estimate of drug-likeness (QED) is 0.488. The Hall–Kier alpha value is -0.880. The average Bonchev–Trinajstić information content (AvgIpc) is 2.91. The van der Waals surface area contributed by atoms with Gasteiger partial charge in [-0.25, -0.2) is 4.59 Å². The molecule has 124 valence electrons. The number of methoxy groups -OCH3 is 2. The first-order valence-electron chi connectivity index (χ1n) is 8.28. The minimum Gasteiger partial charge on any atom is -0.497 e. The lowest BCUT2D eigenvalue weighted by molar-refractivity contribution is -0.899. The van der Waals surface area contributed by atoms with Crippen molar-refractivity contribution in [3.05, 3.63) is 40.6 Å². The molecule has 0 amide bonds. The second kappa shape index (κ2) is 5.31. The Morgan fingerprint density at radius 2 is 2.13 bits per heavy atom. The zero-order chi connectivity index (χ0) is 16.2.